The molecule has 9 nitrogen and oxygen atoms in total. The number of nitro groups is 1. The van der Waals surface area contributed by atoms with Crippen LogP contribution in [-0.4, -0.2) is 53.0 Å². The highest BCUT2D eigenvalue weighted by Crippen LogP contribution is 2.47. The fourth-order valence-corrected chi connectivity index (χ4v) is 4.50. The van der Waals surface area contributed by atoms with E-state index in [4.69, 9.17) is 4.74 Å². The molecule has 0 N–H and O–H groups in total. The predicted octanol–water partition coefficient (Wildman–Crippen LogP) is 2.82. The Balaban J connectivity index is 2.21. The van der Waals surface area contributed by atoms with E-state index >= 15 is 0 Å². The highest BCUT2D eigenvalue weighted by molar-refractivity contribution is 8.18. The largest absolute Gasteiger partial charge is 0.466 e. The number of nitro benzene ring substituents is 1. The topological polar surface area (TPSA) is 105 Å². The van der Waals surface area contributed by atoms with E-state index in [0.29, 0.717) is 27.0 Å². The number of thioether (sulfide) groups is 1. The summed E-state index contributed by atoms with van der Waals surface area (Å²) in [6.45, 7) is 3.45. The molecule has 1 aromatic rings. The third kappa shape index (κ3) is 3.51. The first-order valence-electron chi connectivity index (χ1n) is 8.69. The Hall–Kier alpha value is -3.14. The SMILES string of the molecule is COC(=O)C1=C(C)N=C2SC(C(=O)N(C)C)=C(C)N2[C@@H]1c1cccc([N+](=O)[O-])c1. The maximum absolute atomic E-state index is 12.6. The molecule has 0 bridgehead atoms. The van der Waals surface area contributed by atoms with Gasteiger partial charge in [-0.3, -0.25) is 14.9 Å². The number of rotatable bonds is 4. The maximum atomic E-state index is 12.6. The van der Waals surface area contributed by atoms with Gasteiger partial charge in [-0.15, -0.1) is 0 Å². The number of nitrogens with zero attached hydrogens (tertiary/aromatic N) is 4. The average molecular weight is 416 g/mol. The number of benzene rings is 1. The summed E-state index contributed by atoms with van der Waals surface area (Å²) in [5.74, 6) is -0.758. The molecule has 3 rings (SSSR count). The van der Waals surface area contributed by atoms with Crippen molar-refractivity contribution in [2.24, 2.45) is 4.99 Å². The van der Waals surface area contributed by atoms with E-state index in [1.165, 1.54) is 35.9 Å². The van der Waals surface area contributed by atoms with Gasteiger partial charge in [-0.1, -0.05) is 12.1 Å². The number of allylic oxidation sites excluding steroid dienone is 2. The molecule has 0 spiro atoms. The summed E-state index contributed by atoms with van der Waals surface area (Å²) in [5, 5.41) is 11.8. The second-order valence-corrected chi connectivity index (χ2v) is 7.70. The number of hydrogen-bond acceptors (Lipinski definition) is 8. The lowest BCUT2D eigenvalue weighted by Crippen LogP contribution is -2.36. The molecule has 29 heavy (non-hydrogen) atoms. The molecule has 1 amide bonds. The molecule has 152 valence electrons. The fraction of sp³-hybridized carbons (Fsp3) is 0.316. The molecule has 2 aliphatic heterocycles. The summed E-state index contributed by atoms with van der Waals surface area (Å²) < 4.78 is 4.96. The average Bonchev–Trinajstić information content (AvgIpc) is 3.01. The summed E-state index contributed by atoms with van der Waals surface area (Å²) in [7, 11) is 4.59. The molecule has 0 fully saturated rings. The molecular formula is C19H20N4O5S. The second kappa shape index (κ2) is 7.70. The van der Waals surface area contributed by atoms with Gasteiger partial charge < -0.3 is 14.5 Å². The van der Waals surface area contributed by atoms with Gasteiger partial charge in [0, 0.05) is 31.9 Å². The van der Waals surface area contributed by atoms with Crippen molar-refractivity contribution in [1.82, 2.24) is 9.80 Å². The third-order valence-corrected chi connectivity index (χ3v) is 5.82. The Kier molecular flexibility index (Phi) is 5.47. The van der Waals surface area contributed by atoms with E-state index in [9.17, 15) is 19.7 Å². The molecule has 0 radical (unpaired) electrons. The number of carbonyl (C=O) groups excluding carboxylic acids is 2. The van der Waals surface area contributed by atoms with Crippen LogP contribution in [-0.2, 0) is 14.3 Å². The molecule has 1 atom stereocenters. The molecule has 0 saturated carbocycles. The molecule has 0 unspecified atom stereocenters. The van der Waals surface area contributed by atoms with E-state index in [-0.39, 0.29) is 17.2 Å². The quantitative estimate of drug-likeness (QED) is 0.422. The van der Waals surface area contributed by atoms with Gasteiger partial charge in [-0.05, 0) is 31.2 Å². The second-order valence-electron chi connectivity index (χ2n) is 6.73. The molecule has 0 aliphatic carbocycles. The van der Waals surface area contributed by atoms with Gasteiger partial charge in [-0.25, -0.2) is 9.79 Å². The van der Waals surface area contributed by atoms with Crippen molar-refractivity contribution in [3.63, 3.8) is 0 Å². The first-order chi connectivity index (χ1) is 13.7. The highest BCUT2D eigenvalue weighted by atomic mass is 32.2. The monoisotopic (exact) mass is 416 g/mol. The van der Waals surface area contributed by atoms with Gasteiger partial charge >= 0.3 is 5.97 Å². The number of fused-ring (bicyclic) bond motifs is 1. The number of amides is 1. The molecular weight excluding hydrogens is 396 g/mol. The number of carbonyl (C=O) groups is 2. The minimum absolute atomic E-state index is 0.0912. The number of likely N-dealkylation sites (N-methyl/N-ethyl adjacent to an activating group) is 1. The Labute approximate surface area is 171 Å². The zero-order valence-corrected chi connectivity index (χ0v) is 17.4. The summed E-state index contributed by atoms with van der Waals surface area (Å²) in [5.41, 5.74) is 1.78. The van der Waals surface area contributed by atoms with Gasteiger partial charge in [0.15, 0.2) is 5.17 Å². The summed E-state index contributed by atoms with van der Waals surface area (Å²) in [4.78, 5) is 44.2. The van der Waals surface area contributed by atoms with E-state index < -0.39 is 16.9 Å². The van der Waals surface area contributed by atoms with Gasteiger partial charge in [0.05, 0.1) is 34.3 Å². The predicted molar refractivity (Wildman–Crippen MR) is 109 cm³/mol. The van der Waals surface area contributed by atoms with Crippen LogP contribution in [0.25, 0.3) is 0 Å². The van der Waals surface area contributed by atoms with Crippen molar-refractivity contribution < 1.29 is 19.2 Å². The lowest BCUT2D eigenvalue weighted by atomic mass is 9.93. The number of esters is 1. The molecule has 10 heteroatoms. The van der Waals surface area contributed by atoms with Gasteiger partial charge in [0.25, 0.3) is 11.6 Å². The van der Waals surface area contributed by atoms with Gasteiger partial charge in [0.1, 0.15) is 0 Å². The Bertz CT molecular complexity index is 1010. The fourth-order valence-electron chi connectivity index (χ4n) is 3.27. The lowest BCUT2D eigenvalue weighted by Gasteiger charge is -2.35. The van der Waals surface area contributed by atoms with E-state index in [2.05, 4.69) is 4.99 Å². The van der Waals surface area contributed by atoms with Crippen LogP contribution in [0.4, 0.5) is 5.69 Å². The summed E-state index contributed by atoms with van der Waals surface area (Å²) >= 11 is 1.22. The Morgan fingerprint density at radius 2 is 2.00 bits per heavy atom. The van der Waals surface area contributed by atoms with E-state index in [1.54, 1.807) is 45.0 Å². The van der Waals surface area contributed by atoms with Crippen LogP contribution in [0.3, 0.4) is 0 Å². The van der Waals surface area contributed by atoms with Gasteiger partial charge in [0.2, 0.25) is 0 Å². The zero-order chi connectivity index (χ0) is 21.5. The molecule has 1 aromatic carbocycles. The number of amidine groups is 1. The Morgan fingerprint density at radius 1 is 1.31 bits per heavy atom. The number of aliphatic imine (C=N–C) groups is 1. The van der Waals surface area contributed by atoms with Gasteiger partial charge in [-0.2, -0.15) is 0 Å². The van der Waals surface area contributed by atoms with Crippen LogP contribution < -0.4 is 0 Å². The van der Waals surface area contributed by atoms with Crippen molar-refractivity contribution in [1.29, 1.82) is 0 Å². The number of hydrogen-bond donors (Lipinski definition) is 0. The lowest BCUT2D eigenvalue weighted by molar-refractivity contribution is -0.384. The van der Waals surface area contributed by atoms with E-state index in [1.807, 2.05) is 0 Å². The minimum atomic E-state index is -0.699. The van der Waals surface area contributed by atoms with Crippen LogP contribution in [0.5, 0.6) is 0 Å². The van der Waals surface area contributed by atoms with E-state index in [0.717, 1.165) is 0 Å². The first kappa shape index (κ1) is 20.6. The number of ether oxygens (including phenoxy) is 1. The number of non-ortho nitro benzene ring substituents is 1. The molecule has 2 heterocycles. The highest BCUT2D eigenvalue weighted by Gasteiger charge is 2.43. The zero-order valence-electron chi connectivity index (χ0n) is 16.6. The minimum Gasteiger partial charge on any atom is -0.466 e. The van der Waals surface area contributed by atoms with Crippen molar-refractivity contribution in [3.8, 4) is 0 Å². The van der Waals surface area contributed by atoms with Crippen LogP contribution in [0.1, 0.15) is 25.5 Å². The van der Waals surface area contributed by atoms with Crippen molar-refractivity contribution in [2.45, 2.75) is 19.9 Å². The molecule has 2 aliphatic rings. The smallest absolute Gasteiger partial charge is 0.338 e. The van der Waals surface area contributed by atoms with Crippen LogP contribution in [0, 0.1) is 10.1 Å². The van der Waals surface area contributed by atoms with Crippen LogP contribution in [0.15, 0.2) is 51.1 Å². The first-order valence-corrected chi connectivity index (χ1v) is 9.50. The standard InChI is InChI=1S/C19H20N4O5S/c1-10-14(18(25)28-5)15(12-7-6-8-13(9-12)23(26)27)22-11(2)16(17(24)21(3)4)29-19(22)20-10/h6-9,15H,1-5H3/t15-/m1/s1. The third-order valence-electron chi connectivity index (χ3n) is 4.68. The molecule has 0 saturated heterocycles. The van der Waals surface area contributed by atoms with Crippen LogP contribution >= 0.6 is 11.8 Å². The molecule has 0 aromatic heterocycles. The number of methoxy groups -OCH3 is 1. The summed E-state index contributed by atoms with van der Waals surface area (Å²) in [6, 6.07) is 5.39. The summed E-state index contributed by atoms with van der Waals surface area (Å²) in [6.07, 6.45) is 0. The maximum Gasteiger partial charge on any atom is 0.338 e. The normalized spacial score (nSPS) is 18.4. The van der Waals surface area contributed by atoms with Crippen molar-refractivity contribution in [2.75, 3.05) is 21.2 Å². The van der Waals surface area contributed by atoms with Crippen molar-refractivity contribution in [3.05, 3.63) is 61.8 Å². The van der Waals surface area contributed by atoms with Crippen LogP contribution in [0.2, 0.25) is 0 Å². The van der Waals surface area contributed by atoms with Crippen molar-refractivity contribution >= 4 is 34.5 Å². The Morgan fingerprint density at radius 3 is 2.59 bits per heavy atom.